The number of pyridine rings is 1. The molecule has 0 radical (unpaired) electrons. The van der Waals surface area contributed by atoms with E-state index >= 15 is 0 Å². The minimum atomic E-state index is -4.81. The second kappa shape index (κ2) is 13.6. The van der Waals surface area contributed by atoms with E-state index in [2.05, 4.69) is 25.3 Å². The number of nitrogens with zero attached hydrogens (tertiary/aromatic N) is 3. The predicted octanol–water partition coefficient (Wildman–Crippen LogP) is 6.59. The Bertz CT molecular complexity index is 1860. The first-order valence-corrected chi connectivity index (χ1v) is 14.8. The van der Waals surface area contributed by atoms with E-state index in [1.54, 1.807) is 37.5 Å². The van der Waals surface area contributed by atoms with Crippen LogP contribution in [0.3, 0.4) is 0 Å². The predicted molar refractivity (Wildman–Crippen MR) is 169 cm³/mol. The van der Waals surface area contributed by atoms with Gasteiger partial charge in [0.2, 0.25) is 5.91 Å². The van der Waals surface area contributed by atoms with Crippen LogP contribution in [0.15, 0.2) is 83.7 Å². The van der Waals surface area contributed by atoms with Crippen LogP contribution < -0.4 is 20.9 Å². The summed E-state index contributed by atoms with van der Waals surface area (Å²) in [5.41, 5.74) is 3.80. The van der Waals surface area contributed by atoms with Crippen molar-refractivity contribution < 1.29 is 22.7 Å². The van der Waals surface area contributed by atoms with Gasteiger partial charge in [-0.25, -0.2) is 4.98 Å². The first-order chi connectivity index (χ1) is 22.0. The van der Waals surface area contributed by atoms with Crippen LogP contribution in [0.1, 0.15) is 43.5 Å². The zero-order chi connectivity index (χ0) is 33.0. The molecule has 1 aliphatic rings. The minimum Gasteiger partial charge on any atom is -0.406 e. The normalized spacial score (nSPS) is 19.0. The van der Waals surface area contributed by atoms with Gasteiger partial charge in [-0.15, -0.1) is 13.2 Å². The number of rotatable bonds is 6. The number of ether oxygens (including phenoxy) is 1. The molecule has 2 bridgehead atoms. The highest BCUT2D eigenvalue weighted by Crippen LogP contribution is 2.35. The van der Waals surface area contributed by atoms with E-state index in [4.69, 9.17) is 17.0 Å². The number of amides is 1. The van der Waals surface area contributed by atoms with Crippen LogP contribution in [-0.2, 0) is 4.79 Å². The van der Waals surface area contributed by atoms with Gasteiger partial charge < -0.3 is 20.8 Å². The molecule has 0 saturated heterocycles. The molecule has 238 valence electrons. The molecule has 0 fully saturated rings. The molecule has 46 heavy (non-hydrogen) atoms. The molecular weight excluding hydrogens is 621 g/mol. The summed E-state index contributed by atoms with van der Waals surface area (Å²) in [5.74, 6) is -0.906. The Labute approximate surface area is 267 Å². The van der Waals surface area contributed by atoms with E-state index in [0.29, 0.717) is 69.3 Å². The third-order valence-electron chi connectivity index (χ3n) is 7.72. The molecule has 9 nitrogen and oxygen atoms in total. The number of carbonyl (C=O) groups excluding carboxylic acids is 1. The van der Waals surface area contributed by atoms with Crippen molar-refractivity contribution in [1.82, 2.24) is 25.2 Å². The summed E-state index contributed by atoms with van der Waals surface area (Å²) >= 11 is 6.32. The maximum Gasteiger partial charge on any atom is 0.573 e. The number of hydrogen-bond donors (Lipinski definition) is 3. The Morgan fingerprint density at radius 1 is 1.02 bits per heavy atom. The van der Waals surface area contributed by atoms with E-state index in [0.717, 1.165) is 6.21 Å². The number of carbonyl (C=O) groups is 1. The molecule has 2 aromatic heterocycles. The number of alkyl halides is 3. The van der Waals surface area contributed by atoms with Gasteiger partial charge in [-0.1, -0.05) is 43.1 Å². The molecule has 1 aliphatic heterocycles. The molecule has 0 aliphatic carbocycles. The molecule has 3 heterocycles. The third-order valence-corrected chi connectivity index (χ3v) is 7.96. The molecule has 2 atom stereocenters. The molecule has 13 heteroatoms. The molecule has 3 N–H and O–H groups in total. The van der Waals surface area contributed by atoms with Crippen LogP contribution in [0.4, 0.5) is 13.2 Å². The lowest BCUT2D eigenvalue weighted by molar-refractivity contribution is -0.274. The van der Waals surface area contributed by atoms with Gasteiger partial charge >= 0.3 is 6.36 Å². The largest absolute Gasteiger partial charge is 0.573 e. The highest BCUT2D eigenvalue weighted by molar-refractivity contribution is 6.31. The Morgan fingerprint density at radius 2 is 1.78 bits per heavy atom. The fourth-order valence-electron chi connectivity index (χ4n) is 5.43. The molecule has 0 saturated carbocycles. The number of halogens is 4. The van der Waals surface area contributed by atoms with Crippen molar-refractivity contribution in [3.8, 4) is 28.1 Å². The zero-order valence-corrected chi connectivity index (χ0v) is 25.6. The minimum absolute atomic E-state index is 0.208. The molecule has 4 aromatic rings. The van der Waals surface area contributed by atoms with Gasteiger partial charge in [-0.05, 0) is 60.4 Å². The number of benzene rings is 2. The molecule has 2 unspecified atom stereocenters. The highest BCUT2D eigenvalue weighted by Gasteiger charge is 2.31. The topological polar surface area (TPSA) is 122 Å². The van der Waals surface area contributed by atoms with Gasteiger partial charge in [0.1, 0.15) is 5.75 Å². The van der Waals surface area contributed by atoms with Crippen LogP contribution in [0, 0.1) is 11.3 Å². The molecule has 1 amide bonds. The van der Waals surface area contributed by atoms with Crippen LogP contribution in [0.5, 0.6) is 5.75 Å². The maximum atomic E-state index is 13.8. The van der Waals surface area contributed by atoms with Gasteiger partial charge in [0.05, 0.1) is 35.2 Å². The Hall–Kier alpha value is -4.97. The van der Waals surface area contributed by atoms with E-state index < -0.39 is 12.4 Å². The number of aromatic nitrogens is 3. The third kappa shape index (κ3) is 7.28. The highest BCUT2D eigenvalue weighted by atomic mass is 35.5. The smallest absolute Gasteiger partial charge is 0.406 e. The van der Waals surface area contributed by atoms with Crippen molar-refractivity contribution in [3.63, 3.8) is 0 Å². The SMILES string of the molecule is CN/C1=C(\C=N)NC(=O)C(C)CCCC(n2cnc(-c3cc(Cl)ccc3-c3ccc(OC(F)(F)F)cc3)cc2=O)c2cc1ccn2. The lowest BCUT2D eigenvalue weighted by Crippen LogP contribution is -2.32. The van der Waals surface area contributed by atoms with Crippen molar-refractivity contribution in [3.05, 3.63) is 106 Å². The summed E-state index contributed by atoms with van der Waals surface area (Å²) < 4.78 is 43.5. The standard InChI is InChI=1S/C33H30ClF3N6O3/c1-19-4-3-5-29(27-14-21(12-13-40-27)31(39-2)28(17-38)42-32(19)45)43-18-41-26(16-30(43)44)25-15-22(34)8-11-24(25)20-6-9-23(10-7-20)46-33(35,36)37/h6-19,29,38-39H,3-5H2,1-2H3,(H,42,45)/b31-28+,38-17?. The van der Waals surface area contributed by atoms with Crippen molar-refractivity contribution in [1.29, 1.82) is 5.41 Å². The second-order valence-electron chi connectivity index (χ2n) is 10.8. The molecule has 5 rings (SSSR count). The number of nitrogens with one attached hydrogen (secondary N) is 3. The van der Waals surface area contributed by atoms with Gasteiger partial charge in [0, 0.05) is 47.6 Å². The summed E-state index contributed by atoms with van der Waals surface area (Å²) in [7, 11) is 1.69. The zero-order valence-electron chi connectivity index (χ0n) is 24.9. The lowest BCUT2D eigenvalue weighted by atomic mass is 9.96. The van der Waals surface area contributed by atoms with Gasteiger partial charge in [0.25, 0.3) is 5.56 Å². The average Bonchev–Trinajstić information content (AvgIpc) is 3.02. The van der Waals surface area contributed by atoms with E-state index in [1.165, 1.54) is 41.2 Å². The molecule has 0 spiro atoms. The fraction of sp³-hybridized carbons (Fsp3) is 0.242. The monoisotopic (exact) mass is 650 g/mol. The first kappa shape index (κ1) is 32.4. The van der Waals surface area contributed by atoms with E-state index in [-0.39, 0.29) is 23.1 Å². The second-order valence-corrected chi connectivity index (χ2v) is 11.2. The fourth-order valence-corrected chi connectivity index (χ4v) is 5.61. The van der Waals surface area contributed by atoms with E-state index in [9.17, 15) is 22.8 Å². The summed E-state index contributed by atoms with van der Waals surface area (Å²) in [6, 6.07) is 14.8. The Morgan fingerprint density at radius 3 is 2.46 bits per heavy atom. The van der Waals surface area contributed by atoms with Crippen molar-refractivity contribution >= 4 is 29.4 Å². The van der Waals surface area contributed by atoms with Crippen molar-refractivity contribution in [2.75, 3.05) is 7.05 Å². The van der Waals surface area contributed by atoms with Crippen LogP contribution in [-0.4, -0.2) is 40.1 Å². The summed E-state index contributed by atoms with van der Waals surface area (Å²) in [4.78, 5) is 35.8. The Balaban J connectivity index is 1.55. The van der Waals surface area contributed by atoms with Gasteiger partial charge in [0.15, 0.2) is 0 Å². The van der Waals surface area contributed by atoms with Crippen LogP contribution in [0.25, 0.3) is 28.1 Å². The number of allylic oxidation sites excluding steroid dienone is 1. The molecule has 2 aromatic carbocycles. The summed E-state index contributed by atoms with van der Waals surface area (Å²) in [5, 5.41) is 14.2. The van der Waals surface area contributed by atoms with Crippen molar-refractivity contribution in [2.24, 2.45) is 5.92 Å². The lowest BCUT2D eigenvalue weighted by Gasteiger charge is -2.23. The summed E-state index contributed by atoms with van der Waals surface area (Å²) in [6.07, 6.45) is 0.981. The van der Waals surface area contributed by atoms with Gasteiger partial charge in [-0.2, -0.15) is 0 Å². The van der Waals surface area contributed by atoms with Crippen LogP contribution in [0.2, 0.25) is 5.02 Å². The average molecular weight is 651 g/mol. The van der Waals surface area contributed by atoms with Gasteiger partial charge in [-0.3, -0.25) is 19.1 Å². The van der Waals surface area contributed by atoms with Crippen LogP contribution >= 0.6 is 11.6 Å². The first-order valence-electron chi connectivity index (χ1n) is 14.4. The molecular formula is C33H30ClF3N6O3. The maximum absolute atomic E-state index is 13.8. The number of hydrogen-bond acceptors (Lipinski definition) is 7. The Kier molecular flexibility index (Phi) is 9.57. The van der Waals surface area contributed by atoms with Crippen molar-refractivity contribution in [2.45, 2.75) is 38.6 Å². The quantitative estimate of drug-likeness (QED) is 0.203. The van der Waals surface area contributed by atoms with E-state index in [1.807, 2.05) is 13.0 Å². The number of fused-ring (bicyclic) bond motifs is 2. The summed E-state index contributed by atoms with van der Waals surface area (Å²) in [6.45, 7) is 1.82.